The van der Waals surface area contributed by atoms with Gasteiger partial charge in [-0.2, -0.15) is 0 Å². The van der Waals surface area contributed by atoms with Gasteiger partial charge in [0.15, 0.2) is 0 Å². The van der Waals surface area contributed by atoms with Gasteiger partial charge < -0.3 is 25.0 Å². The molecule has 2 saturated heterocycles. The van der Waals surface area contributed by atoms with Crippen molar-refractivity contribution < 1.29 is 27.8 Å². The molecule has 8 nitrogen and oxygen atoms in total. The summed E-state index contributed by atoms with van der Waals surface area (Å²) in [6.45, 7) is 3.06. The Bertz CT molecular complexity index is 866. The highest BCUT2D eigenvalue weighted by atomic mass is 19.3. The lowest BCUT2D eigenvalue weighted by Gasteiger charge is -2.41. The highest BCUT2D eigenvalue weighted by Gasteiger charge is 2.45. The van der Waals surface area contributed by atoms with E-state index in [9.17, 15) is 18.4 Å². The molecule has 3 fully saturated rings. The zero-order valence-corrected chi connectivity index (χ0v) is 19.0. The number of rotatable bonds is 10. The Morgan fingerprint density at radius 2 is 1.97 bits per heavy atom. The van der Waals surface area contributed by atoms with Crippen molar-refractivity contribution in [1.82, 2.24) is 9.88 Å². The van der Waals surface area contributed by atoms with Crippen LogP contribution in [0.25, 0.3) is 0 Å². The third kappa shape index (κ3) is 5.72. The van der Waals surface area contributed by atoms with E-state index in [1.807, 2.05) is 6.92 Å². The van der Waals surface area contributed by atoms with Crippen molar-refractivity contribution in [3.63, 3.8) is 0 Å². The maximum Gasteiger partial charge on any atom is 0.282 e. The van der Waals surface area contributed by atoms with Gasteiger partial charge in [-0.25, -0.2) is 13.8 Å². The Balaban J connectivity index is 1.57. The topological polar surface area (TPSA) is 98.0 Å². The van der Waals surface area contributed by atoms with E-state index >= 15 is 0 Å². The van der Waals surface area contributed by atoms with E-state index in [2.05, 4.69) is 4.98 Å². The van der Waals surface area contributed by atoms with Gasteiger partial charge in [-0.15, -0.1) is 0 Å². The van der Waals surface area contributed by atoms with Gasteiger partial charge in [0, 0.05) is 32.2 Å². The van der Waals surface area contributed by atoms with Crippen molar-refractivity contribution in [2.45, 2.75) is 51.0 Å². The van der Waals surface area contributed by atoms with Gasteiger partial charge in [0.25, 0.3) is 11.8 Å². The summed E-state index contributed by atoms with van der Waals surface area (Å²) in [5, 5.41) is 0. The Morgan fingerprint density at radius 3 is 2.55 bits per heavy atom. The predicted octanol–water partition coefficient (Wildman–Crippen LogP) is 2.46. The van der Waals surface area contributed by atoms with Crippen LogP contribution in [-0.4, -0.2) is 73.1 Å². The number of hydrogen-bond donors (Lipinski definition) is 1. The average Bonchev–Trinajstić information content (AvgIpc) is 3.60. The number of primary amides is 1. The third-order valence-electron chi connectivity index (χ3n) is 6.62. The van der Waals surface area contributed by atoms with Crippen LogP contribution in [0.3, 0.4) is 0 Å². The Hall–Kier alpha value is -2.49. The molecule has 182 valence electrons. The van der Waals surface area contributed by atoms with E-state index in [-0.39, 0.29) is 35.9 Å². The fraction of sp³-hybridized carbons (Fsp3) is 0.696. The highest BCUT2D eigenvalue weighted by Crippen LogP contribution is 2.38. The number of nitrogens with two attached hydrogens (primary N) is 1. The number of carbonyl (C=O) groups excluding carboxylic acids is 2. The maximum atomic E-state index is 13.5. The molecule has 2 aliphatic heterocycles. The molecule has 1 unspecified atom stereocenters. The number of carbonyl (C=O) groups is 2. The van der Waals surface area contributed by atoms with Crippen LogP contribution in [0.15, 0.2) is 12.1 Å². The molecular formula is C23H32F2N4O4. The minimum atomic E-state index is -2.73. The number of alkyl halides is 2. The summed E-state index contributed by atoms with van der Waals surface area (Å²) >= 11 is 0. The molecule has 0 bridgehead atoms. The second kappa shape index (κ2) is 9.79. The molecule has 2 amide bonds. The number of anilines is 1. The molecule has 10 heteroatoms. The van der Waals surface area contributed by atoms with Gasteiger partial charge in [0.2, 0.25) is 11.8 Å². The molecule has 1 aromatic heterocycles. The lowest BCUT2D eigenvalue weighted by atomic mass is 9.88. The molecular weight excluding hydrogens is 434 g/mol. The van der Waals surface area contributed by atoms with Crippen LogP contribution in [0.4, 0.5) is 14.5 Å². The van der Waals surface area contributed by atoms with E-state index in [0.717, 1.165) is 25.7 Å². The second-order valence-electron chi connectivity index (χ2n) is 9.27. The molecule has 0 radical (unpaired) electrons. The minimum absolute atomic E-state index is 0.0657. The molecule has 3 aliphatic rings. The lowest BCUT2D eigenvalue weighted by molar-refractivity contribution is -0.119. The van der Waals surface area contributed by atoms with Crippen molar-refractivity contribution in [2.24, 2.45) is 17.6 Å². The summed E-state index contributed by atoms with van der Waals surface area (Å²) in [6, 6.07) is 2.82. The van der Waals surface area contributed by atoms with E-state index in [0.29, 0.717) is 38.0 Å². The van der Waals surface area contributed by atoms with Crippen molar-refractivity contribution in [1.29, 1.82) is 0 Å². The third-order valence-corrected chi connectivity index (χ3v) is 6.62. The van der Waals surface area contributed by atoms with Gasteiger partial charge in [-0.1, -0.05) is 0 Å². The van der Waals surface area contributed by atoms with Gasteiger partial charge in [0.05, 0.1) is 19.7 Å². The summed E-state index contributed by atoms with van der Waals surface area (Å²) in [5.74, 6) is -2.77. The maximum absolute atomic E-state index is 13.5. The number of ether oxygens (including phenoxy) is 2. The van der Waals surface area contributed by atoms with Crippen LogP contribution < -0.4 is 15.4 Å². The van der Waals surface area contributed by atoms with Crippen LogP contribution in [0.1, 0.15) is 49.5 Å². The Morgan fingerprint density at radius 1 is 1.27 bits per heavy atom. The fourth-order valence-electron chi connectivity index (χ4n) is 4.58. The zero-order chi connectivity index (χ0) is 23.6. The summed E-state index contributed by atoms with van der Waals surface area (Å²) in [5.41, 5.74) is 6.15. The molecule has 3 heterocycles. The number of aromatic nitrogens is 1. The largest absolute Gasteiger partial charge is 0.476 e. The summed E-state index contributed by atoms with van der Waals surface area (Å²) < 4.78 is 38.2. The van der Waals surface area contributed by atoms with Crippen LogP contribution in [0, 0.1) is 11.8 Å². The van der Waals surface area contributed by atoms with Crippen LogP contribution >= 0.6 is 0 Å². The number of pyridine rings is 1. The first-order chi connectivity index (χ1) is 15.8. The van der Waals surface area contributed by atoms with Crippen LogP contribution in [0.2, 0.25) is 0 Å². The number of hydrogen-bond acceptors (Lipinski definition) is 6. The normalized spacial score (nSPS) is 21.2. The summed E-state index contributed by atoms with van der Waals surface area (Å²) in [7, 11) is 0. The van der Waals surface area contributed by atoms with E-state index in [1.54, 1.807) is 17.0 Å². The molecule has 1 saturated carbocycles. The first-order valence-corrected chi connectivity index (χ1v) is 11.7. The highest BCUT2D eigenvalue weighted by molar-refractivity contribution is 5.93. The summed E-state index contributed by atoms with van der Waals surface area (Å²) in [4.78, 5) is 32.9. The van der Waals surface area contributed by atoms with Crippen molar-refractivity contribution in [3.05, 3.63) is 17.8 Å². The second-order valence-corrected chi connectivity index (χ2v) is 9.27. The molecule has 4 rings (SSSR count). The van der Waals surface area contributed by atoms with E-state index in [4.69, 9.17) is 15.2 Å². The molecule has 33 heavy (non-hydrogen) atoms. The Labute approximate surface area is 192 Å². The van der Waals surface area contributed by atoms with Crippen LogP contribution in [0.5, 0.6) is 5.88 Å². The van der Waals surface area contributed by atoms with Gasteiger partial charge >= 0.3 is 0 Å². The first-order valence-electron chi connectivity index (χ1n) is 11.7. The average molecular weight is 467 g/mol. The quantitative estimate of drug-likeness (QED) is 0.569. The van der Waals surface area contributed by atoms with Crippen molar-refractivity contribution in [3.8, 4) is 5.88 Å². The lowest BCUT2D eigenvalue weighted by Crippen LogP contribution is -2.56. The van der Waals surface area contributed by atoms with Gasteiger partial charge in [0.1, 0.15) is 11.4 Å². The molecule has 1 aliphatic carbocycles. The SMILES string of the molecule is CCN(C(=O)c1ccc(N2CC(F)(F)C2)c(OCC2CC2)n1)C(CC(N)=O)C1CCOCC1. The summed E-state index contributed by atoms with van der Waals surface area (Å²) in [6.07, 6.45) is 3.69. The first kappa shape index (κ1) is 23.7. The number of amides is 2. The van der Waals surface area contributed by atoms with Gasteiger partial charge in [-0.3, -0.25) is 9.59 Å². The van der Waals surface area contributed by atoms with Gasteiger partial charge in [-0.05, 0) is 56.6 Å². The van der Waals surface area contributed by atoms with Crippen LogP contribution in [-0.2, 0) is 9.53 Å². The molecule has 2 N–H and O–H groups in total. The zero-order valence-electron chi connectivity index (χ0n) is 19.0. The number of halogens is 2. The van der Waals surface area contributed by atoms with Crippen molar-refractivity contribution >= 4 is 17.5 Å². The predicted molar refractivity (Wildman–Crippen MR) is 117 cm³/mol. The molecule has 0 spiro atoms. The molecule has 1 aromatic rings. The molecule has 1 atom stereocenters. The van der Waals surface area contributed by atoms with E-state index < -0.39 is 24.9 Å². The smallest absolute Gasteiger partial charge is 0.282 e. The number of nitrogens with zero attached hydrogens (tertiary/aromatic N) is 3. The fourth-order valence-corrected chi connectivity index (χ4v) is 4.58. The monoisotopic (exact) mass is 466 g/mol. The Kier molecular flexibility index (Phi) is 7.02. The van der Waals surface area contributed by atoms with E-state index in [1.165, 1.54) is 4.90 Å². The van der Waals surface area contributed by atoms with Crippen molar-refractivity contribution in [2.75, 3.05) is 44.4 Å². The standard InChI is InChI=1S/C23H32F2N4O4/c1-2-29(19(11-20(26)30)16-7-9-32-10-8-16)22(31)17-5-6-18(28-13-23(24,25)14-28)21(27-17)33-12-15-3-4-15/h5-6,15-16,19H,2-4,7-14H2,1H3,(H2,26,30). The molecule has 0 aromatic carbocycles. The minimum Gasteiger partial charge on any atom is -0.476 e.